The van der Waals surface area contributed by atoms with Crippen LogP contribution in [-0.4, -0.2) is 62.3 Å². The van der Waals surface area contributed by atoms with E-state index in [0.717, 1.165) is 35.1 Å². The Morgan fingerprint density at radius 2 is 1.81 bits per heavy atom. The van der Waals surface area contributed by atoms with Gasteiger partial charge in [0.1, 0.15) is 6.54 Å². The average Bonchev–Trinajstić information content (AvgIpc) is 3.05. The largest absolute Gasteiger partial charge is 1.00 e. The first-order valence-corrected chi connectivity index (χ1v) is 8.95. The van der Waals surface area contributed by atoms with Crippen molar-refractivity contribution in [2.75, 3.05) is 33.2 Å². The molecule has 0 spiro atoms. The number of halogens is 1. The van der Waals surface area contributed by atoms with Gasteiger partial charge in [0.25, 0.3) is 5.56 Å². The second-order valence-corrected chi connectivity index (χ2v) is 6.93. The Morgan fingerprint density at radius 1 is 1.19 bits per heavy atom. The van der Waals surface area contributed by atoms with Crippen molar-refractivity contribution < 1.29 is 26.3 Å². The Kier molecular flexibility index (Phi) is 7.97. The van der Waals surface area contributed by atoms with Crippen LogP contribution in [0, 0.1) is 0 Å². The summed E-state index contributed by atoms with van der Waals surface area (Å²) in [7, 11) is 5.18. The Hall–Kier alpha value is -1.94. The molecule has 0 radical (unpaired) electrons. The van der Waals surface area contributed by atoms with Gasteiger partial charge >= 0.3 is 5.69 Å². The lowest BCUT2D eigenvalue weighted by Crippen LogP contribution is -3.00. The number of imidazole rings is 1. The van der Waals surface area contributed by atoms with Gasteiger partial charge in [0.05, 0.1) is 33.0 Å². The summed E-state index contributed by atoms with van der Waals surface area (Å²) < 4.78 is 4.79. The van der Waals surface area contributed by atoms with Crippen LogP contribution >= 0.6 is 0 Å². The molecule has 0 saturated heterocycles. The summed E-state index contributed by atoms with van der Waals surface area (Å²) in [4.78, 5) is 40.6. The number of aromatic nitrogens is 4. The molecule has 27 heavy (non-hydrogen) atoms. The molecule has 10 heteroatoms. The van der Waals surface area contributed by atoms with Gasteiger partial charge in [0, 0.05) is 27.1 Å². The Balaban J connectivity index is 0.00000364. The van der Waals surface area contributed by atoms with Crippen molar-refractivity contribution in [3.63, 3.8) is 0 Å². The summed E-state index contributed by atoms with van der Waals surface area (Å²) in [5, 5.41) is 2.89. The molecular weight excluding hydrogens is 416 g/mol. The van der Waals surface area contributed by atoms with Crippen LogP contribution in [0.3, 0.4) is 0 Å². The van der Waals surface area contributed by atoms with Crippen molar-refractivity contribution in [2.24, 2.45) is 14.1 Å². The normalized spacial score (nSPS) is 11.4. The molecule has 2 aromatic rings. The number of fused-ring (bicyclic) bond motifs is 1. The van der Waals surface area contributed by atoms with Gasteiger partial charge < -0.3 is 31.3 Å². The quantitative estimate of drug-likeness (QED) is 0.336. The average molecular weight is 445 g/mol. The summed E-state index contributed by atoms with van der Waals surface area (Å²) in [6.07, 6.45) is 2.32. The van der Waals surface area contributed by atoms with E-state index in [-0.39, 0.29) is 40.6 Å². The van der Waals surface area contributed by atoms with E-state index in [1.807, 2.05) is 0 Å². The maximum atomic E-state index is 12.4. The molecule has 0 unspecified atom stereocenters. The van der Waals surface area contributed by atoms with Gasteiger partial charge in [-0.25, -0.2) is 9.78 Å². The molecule has 0 bridgehead atoms. The molecule has 0 aliphatic carbocycles. The van der Waals surface area contributed by atoms with E-state index in [1.54, 1.807) is 7.05 Å². The Bertz CT molecular complexity index is 910. The molecule has 0 fully saturated rings. The zero-order chi connectivity index (χ0) is 19.5. The summed E-state index contributed by atoms with van der Waals surface area (Å²) in [5.41, 5.74) is -0.353. The molecule has 152 valence electrons. The molecule has 0 aliphatic heterocycles. The highest BCUT2D eigenvalue weighted by molar-refractivity contribution is 5.78. The molecule has 2 rings (SSSR count). The van der Waals surface area contributed by atoms with Crippen LogP contribution in [0.25, 0.3) is 11.2 Å². The van der Waals surface area contributed by atoms with E-state index < -0.39 is 11.2 Å². The van der Waals surface area contributed by atoms with Gasteiger partial charge in [-0.2, -0.15) is 0 Å². The van der Waals surface area contributed by atoms with Crippen molar-refractivity contribution in [1.29, 1.82) is 0 Å². The molecule has 0 atom stereocenters. The highest BCUT2D eigenvalue weighted by Gasteiger charge is 2.17. The number of rotatable bonds is 8. The second-order valence-electron chi connectivity index (χ2n) is 6.93. The molecule has 0 aromatic carbocycles. The van der Waals surface area contributed by atoms with Crippen LogP contribution in [0.4, 0.5) is 0 Å². The fourth-order valence-electron chi connectivity index (χ4n) is 2.96. The molecule has 1 N–H and O–H groups in total. The minimum atomic E-state index is -0.452. The molecule has 2 heterocycles. The monoisotopic (exact) mass is 444 g/mol. The van der Waals surface area contributed by atoms with E-state index in [4.69, 9.17) is 0 Å². The maximum Gasteiger partial charge on any atom is 0.332 e. The topological polar surface area (TPSA) is 90.9 Å². The van der Waals surface area contributed by atoms with Crippen molar-refractivity contribution in [3.8, 4) is 0 Å². The molecule has 0 aliphatic rings. The first-order chi connectivity index (χ1) is 12.2. The number of amides is 1. The predicted octanol–water partition coefficient (Wildman–Crippen LogP) is -3.57. The molecular formula is C17H29BrN6O3. The molecule has 2 aromatic heterocycles. The van der Waals surface area contributed by atoms with Crippen LogP contribution in [0.15, 0.2) is 15.9 Å². The molecule has 1 amide bonds. The third-order valence-electron chi connectivity index (χ3n) is 5.25. The fourth-order valence-corrected chi connectivity index (χ4v) is 2.96. The number of hydrogen-bond donors (Lipinski definition) is 1. The van der Waals surface area contributed by atoms with Crippen LogP contribution < -0.4 is 33.5 Å². The van der Waals surface area contributed by atoms with E-state index >= 15 is 0 Å². The van der Waals surface area contributed by atoms with E-state index in [1.165, 1.54) is 22.5 Å². The number of nitrogens with zero attached hydrogens (tertiary/aromatic N) is 5. The van der Waals surface area contributed by atoms with Crippen molar-refractivity contribution >= 4 is 17.1 Å². The van der Waals surface area contributed by atoms with Crippen LogP contribution in [0.1, 0.15) is 20.3 Å². The zero-order valence-electron chi connectivity index (χ0n) is 16.7. The standard InChI is InChI=1S/C17H28N6O3.BrH/c1-6-23(5,7-2)10-8-9-18-13(24)11-22-12-19-15-14(22)16(25)21(4)17(26)20(15)3;/h12H,6-11H2,1-5H3;1H. The third-order valence-corrected chi connectivity index (χ3v) is 5.25. The number of quaternary nitrogens is 1. The fraction of sp³-hybridized carbons (Fsp3) is 0.647. The van der Waals surface area contributed by atoms with Gasteiger partial charge in [-0.1, -0.05) is 0 Å². The van der Waals surface area contributed by atoms with Gasteiger partial charge in [-0.05, 0) is 13.8 Å². The van der Waals surface area contributed by atoms with Crippen molar-refractivity contribution in [1.82, 2.24) is 24.0 Å². The highest BCUT2D eigenvalue weighted by atomic mass is 79.9. The minimum Gasteiger partial charge on any atom is -1.00 e. The smallest absolute Gasteiger partial charge is 0.332 e. The maximum absolute atomic E-state index is 12.4. The zero-order valence-corrected chi connectivity index (χ0v) is 18.2. The van der Waals surface area contributed by atoms with E-state index in [2.05, 4.69) is 31.2 Å². The highest BCUT2D eigenvalue weighted by Crippen LogP contribution is 2.05. The number of hydrogen-bond acceptors (Lipinski definition) is 4. The summed E-state index contributed by atoms with van der Waals surface area (Å²) in [5.74, 6) is -0.178. The first-order valence-electron chi connectivity index (χ1n) is 8.95. The van der Waals surface area contributed by atoms with Crippen molar-refractivity contribution in [3.05, 3.63) is 27.2 Å². The molecule has 9 nitrogen and oxygen atoms in total. The Morgan fingerprint density at radius 3 is 2.41 bits per heavy atom. The lowest BCUT2D eigenvalue weighted by molar-refractivity contribution is -0.906. The SMILES string of the molecule is CC[N+](C)(CC)CCCNC(=O)Cn1cnc2c1c(=O)n(C)c(=O)n2C.[Br-]. The number of carbonyl (C=O) groups is 1. The van der Waals surface area contributed by atoms with Crippen molar-refractivity contribution in [2.45, 2.75) is 26.8 Å². The van der Waals surface area contributed by atoms with E-state index in [0.29, 0.717) is 6.54 Å². The Labute approximate surface area is 169 Å². The van der Waals surface area contributed by atoms with Crippen LogP contribution in [0.2, 0.25) is 0 Å². The summed E-state index contributed by atoms with van der Waals surface area (Å²) in [6, 6.07) is 0. The predicted molar refractivity (Wildman–Crippen MR) is 100.0 cm³/mol. The lowest BCUT2D eigenvalue weighted by atomic mass is 10.3. The number of aryl methyl sites for hydroxylation is 1. The van der Waals surface area contributed by atoms with E-state index in [9.17, 15) is 14.4 Å². The lowest BCUT2D eigenvalue weighted by Gasteiger charge is -2.32. The summed E-state index contributed by atoms with van der Waals surface area (Å²) in [6.45, 7) is 8.05. The van der Waals surface area contributed by atoms with Gasteiger partial charge in [0.15, 0.2) is 11.2 Å². The molecule has 0 saturated carbocycles. The van der Waals surface area contributed by atoms with Gasteiger partial charge in [0.2, 0.25) is 5.91 Å². The second kappa shape index (κ2) is 9.32. The summed E-state index contributed by atoms with van der Waals surface area (Å²) >= 11 is 0. The first kappa shape index (κ1) is 23.1. The van der Waals surface area contributed by atoms with Crippen LogP contribution in [0.5, 0.6) is 0 Å². The third kappa shape index (κ3) is 4.86. The number of carbonyl (C=O) groups excluding carboxylic acids is 1. The van der Waals surface area contributed by atoms with Gasteiger partial charge in [-0.3, -0.25) is 18.7 Å². The minimum absolute atomic E-state index is 0. The van der Waals surface area contributed by atoms with Gasteiger partial charge in [-0.15, -0.1) is 0 Å². The van der Waals surface area contributed by atoms with Crippen LogP contribution in [-0.2, 0) is 25.4 Å². The number of nitrogens with one attached hydrogen (secondary N) is 1.